The quantitative estimate of drug-likeness (QED) is 0.859. The SMILES string of the molecule is CCOc1ccc2nc(NC3CCCCC3SC)sc2c1. The van der Waals surface area contributed by atoms with E-state index in [1.807, 2.05) is 24.8 Å². The van der Waals surface area contributed by atoms with Crippen molar-refractivity contribution in [3.05, 3.63) is 18.2 Å². The van der Waals surface area contributed by atoms with Crippen LogP contribution in [0.25, 0.3) is 10.2 Å². The first kappa shape index (κ1) is 15.0. The predicted molar refractivity (Wildman–Crippen MR) is 94.0 cm³/mol. The number of rotatable bonds is 5. The van der Waals surface area contributed by atoms with Crippen molar-refractivity contribution in [3.8, 4) is 5.75 Å². The van der Waals surface area contributed by atoms with E-state index in [0.29, 0.717) is 17.9 Å². The monoisotopic (exact) mass is 322 g/mol. The van der Waals surface area contributed by atoms with E-state index >= 15 is 0 Å². The molecule has 1 aliphatic carbocycles. The van der Waals surface area contributed by atoms with Gasteiger partial charge in [0.25, 0.3) is 0 Å². The fourth-order valence-electron chi connectivity index (χ4n) is 2.93. The minimum Gasteiger partial charge on any atom is -0.494 e. The molecule has 114 valence electrons. The van der Waals surface area contributed by atoms with Gasteiger partial charge in [0, 0.05) is 11.3 Å². The Bertz CT molecular complexity index is 599. The van der Waals surface area contributed by atoms with Crippen LogP contribution in [0.2, 0.25) is 0 Å². The Labute approximate surface area is 134 Å². The van der Waals surface area contributed by atoms with Crippen molar-refractivity contribution in [2.24, 2.45) is 0 Å². The van der Waals surface area contributed by atoms with Crippen LogP contribution in [0.4, 0.5) is 5.13 Å². The van der Waals surface area contributed by atoms with E-state index in [2.05, 4.69) is 23.7 Å². The molecule has 0 radical (unpaired) electrons. The van der Waals surface area contributed by atoms with Crippen LogP contribution in [0.1, 0.15) is 32.6 Å². The predicted octanol–water partition coefficient (Wildman–Crippen LogP) is 4.78. The first-order chi connectivity index (χ1) is 10.3. The maximum Gasteiger partial charge on any atom is 0.184 e. The number of anilines is 1. The second-order valence-corrected chi connectivity index (χ2v) is 7.50. The molecule has 1 fully saturated rings. The van der Waals surface area contributed by atoms with Crippen LogP contribution in [0.15, 0.2) is 18.2 Å². The molecular formula is C16H22N2OS2. The van der Waals surface area contributed by atoms with Gasteiger partial charge < -0.3 is 10.1 Å². The topological polar surface area (TPSA) is 34.1 Å². The molecule has 1 N–H and O–H groups in total. The third-order valence-corrected chi connectivity index (χ3v) is 6.10. The molecule has 0 aliphatic heterocycles. The summed E-state index contributed by atoms with van der Waals surface area (Å²) in [6.07, 6.45) is 7.48. The fourth-order valence-corrected chi connectivity index (χ4v) is 4.82. The summed E-state index contributed by atoms with van der Waals surface area (Å²) in [5.74, 6) is 0.930. The Balaban J connectivity index is 1.77. The summed E-state index contributed by atoms with van der Waals surface area (Å²) in [6, 6.07) is 6.70. The number of ether oxygens (including phenoxy) is 1. The van der Waals surface area contributed by atoms with Crippen molar-refractivity contribution in [1.29, 1.82) is 0 Å². The smallest absolute Gasteiger partial charge is 0.184 e. The van der Waals surface area contributed by atoms with E-state index in [9.17, 15) is 0 Å². The number of hydrogen-bond donors (Lipinski definition) is 1. The Kier molecular flexibility index (Phi) is 4.91. The fraction of sp³-hybridized carbons (Fsp3) is 0.562. The molecule has 0 amide bonds. The molecule has 21 heavy (non-hydrogen) atoms. The Morgan fingerprint density at radius 2 is 2.24 bits per heavy atom. The summed E-state index contributed by atoms with van der Waals surface area (Å²) in [5, 5.41) is 5.43. The van der Waals surface area contributed by atoms with Crippen LogP contribution in [-0.2, 0) is 0 Å². The van der Waals surface area contributed by atoms with E-state index in [0.717, 1.165) is 16.4 Å². The molecule has 2 atom stereocenters. The van der Waals surface area contributed by atoms with Crippen molar-refractivity contribution in [1.82, 2.24) is 4.98 Å². The van der Waals surface area contributed by atoms with E-state index in [-0.39, 0.29) is 0 Å². The standard InChI is InChI=1S/C16H22N2OS2/c1-3-19-11-8-9-13-15(10-11)21-16(18-13)17-12-6-4-5-7-14(12)20-2/h8-10,12,14H,3-7H2,1-2H3,(H,17,18). The molecule has 3 nitrogen and oxygen atoms in total. The molecule has 3 rings (SSSR count). The second-order valence-electron chi connectivity index (χ2n) is 5.39. The van der Waals surface area contributed by atoms with E-state index in [4.69, 9.17) is 9.72 Å². The Hall–Kier alpha value is -0.940. The maximum absolute atomic E-state index is 5.56. The molecule has 1 heterocycles. The van der Waals surface area contributed by atoms with Crippen LogP contribution >= 0.6 is 23.1 Å². The lowest BCUT2D eigenvalue weighted by atomic mass is 9.95. The number of thioether (sulfide) groups is 1. The van der Waals surface area contributed by atoms with Gasteiger partial charge in [-0.1, -0.05) is 24.2 Å². The van der Waals surface area contributed by atoms with Gasteiger partial charge in [-0.05, 0) is 44.2 Å². The summed E-state index contributed by atoms with van der Waals surface area (Å²) >= 11 is 3.72. The highest BCUT2D eigenvalue weighted by Crippen LogP contribution is 2.33. The number of fused-ring (bicyclic) bond motifs is 1. The first-order valence-corrected chi connectivity index (χ1v) is 9.73. The first-order valence-electron chi connectivity index (χ1n) is 7.63. The summed E-state index contributed by atoms with van der Waals surface area (Å²) in [4.78, 5) is 4.72. The molecule has 2 unspecified atom stereocenters. The van der Waals surface area contributed by atoms with Crippen molar-refractivity contribution in [3.63, 3.8) is 0 Å². The van der Waals surface area contributed by atoms with Crippen LogP contribution in [-0.4, -0.2) is 29.1 Å². The molecule has 0 saturated heterocycles. The van der Waals surface area contributed by atoms with E-state index in [1.165, 1.54) is 30.4 Å². The molecule has 0 bridgehead atoms. The van der Waals surface area contributed by atoms with Gasteiger partial charge in [-0.2, -0.15) is 11.8 Å². The second kappa shape index (κ2) is 6.88. The zero-order valence-corrected chi connectivity index (χ0v) is 14.2. The van der Waals surface area contributed by atoms with Gasteiger partial charge in [0.15, 0.2) is 5.13 Å². The van der Waals surface area contributed by atoms with Crippen LogP contribution in [0.5, 0.6) is 5.75 Å². The molecule has 1 aromatic carbocycles. The molecule has 1 aliphatic rings. The minimum absolute atomic E-state index is 0.556. The third-order valence-electron chi connectivity index (χ3n) is 3.99. The Morgan fingerprint density at radius 3 is 3.05 bits per heavy atom. The highest BCUT2D eigenvalue weighted by molar-refractivity contribution is 7.99. The van der Waals surface area contributed by atoms with Gasteiger partial charge in [-0.25, -0.2) is 4.98 Å². The van der Waals surface area contributed by atoms with Crippen LogP contribution in [0.3, 0.4) is 0 Å². The van der Waals surface area contributed by atoms with Crippen molar-refractivity contribution >= 4 is 38.4 Å². The number of nitrogens with one attached hydrogen (secondary N) is 1. The average molecular weight is 322 g/mol. The normalized spacial score (nSPS) is 22.4. The number of benzene rings is 1. The maximum atomic E-state index is 5.56. The number of aromatic nitrogens is 1. The lowest BCUT2D eigenvalue weighted by molar-refractivity contribution is 0.341. The number of thiazole rings is 1. The highest BCUT2D eigenvalue weighted by Gasteiger charge is 2.24. The van der Waals surface area contributed by atoms with Crippen molar-refractivity contribution in [2.45, 2.75) is 43.9 Å². The summed E-state index contributed by atoms with van der Waals surface area (Å²) in [5.41, 5.74) is 1.06. The molecule has 0 spiro atoms. The largest absolute Gasteiger partial charge is 0.494 e. The molecule has 1 saturated carbocycles. The number of hydrogen-bond acceptors (Lipinski definition) is 5. The minimum atomic E-state index is 0.556. The molecule has 5 heteroatoms. The lowest BCUT2D eigenvalue weighted by Gasteiger charge is -2.30. The van der Waals surface area contributed by atoms with Crippen molar-refractivity contribution < 1.29 is 4.74 Å². The average Bonchev–Trinajstić information content (AvgIpc) is 2.89. The van der Waals surface area contributed by atoms with Gasteiger partial charge >= 0.3 is 0 Å². The lowest BCUT2D eigenvalue weighted by Crippen LogP contribution is -2.34. The van der Waals surface area contributed by atoms with Crippen LogP contribution in [0, 0.1) is 0 Å². The Morgan fingerprint density at radius 1 is 1.38 bits per heavy atom. The van der Waals surface area contributed by atoms with E-state index in [1.54, 1.807) is 11.3 Å². The highest BCUT2D eigenvalue weighted by atomic mass is 32.2. The molecule has 1 aromatic heterocycles. The third kappa shape index (κ3) is 3.46. The summed E-state index contributed by atoms with van der Waals surface area (Å²) in [6.45, 7) is 2.71. The zero-order valence-electron chi connectivity index (χ0n) is 12.6. The van der Waals surface area contributed by atoms with Gasteiger partial charge in [-0.15, -0.1) is 0 Å². The van der Waals surface area contributed by atoms with Crippen molar-refractivity contribution in [2.75, 3.05) is 18.2 Å². The van der Waals surface area contributed by atoms with Gasteiger partial charge in [0.1, 0.15) is 5.75 Å². The molecular weight excluding hydrogens is 300 g/mol. The van der Waals surface area contributed by atoms with Gasteiger partial charge in [0.05, 0.1) is 16.8 Å². The van der Waals surface area contributed by atoms with Gasteiger partial charge in [-0.3, -0.25) is 0 Å². The van der Waals surface area contributed by atoms with Crippen LogP contribution < -0.4 is 10.1 Å². The number of nitrogens with zero attached hydrogens (tertiary/aromatic N) is 1. The van der Waals surface area contributed by atoms with Gasteiger partial charge in [0.2, 0.25) is 0 Å². The molecule has 2 aromatic rings. The summed E-state index contributed by atoms with van der Waals surface area (Å²) in [7, 11) is 0. The summed E-state index contributed by atoms with van der Waals surface area (Å²) < 4.78 is 6.76. The zero-order chi connectivity index (χ0) is 14.7. The van der Waals surface area contributed by atoms with E-state index < -0.39 is 0 Å².